The summed E-state index contributed by atoms with van der Waals surface area (Å²) in [6, 6.07) is 4.20. The van der Waals surface area contributed by atoms with E-state index in [9.17, 15) is 14.0 Å². The van der Waals surface area contributed by atoms with Gasteiger partial charge in [-0.05, 0) is 37.1 Å². The Hall–Kier alpha value is -1.71. The van der Waals surface area contributed by atoms with Gasteiger partial charge in [0.2, 0.25) is 0 Å². The highest BCUT2D eigenvalue weighted by molar-refractivity contribution is 5.97. The lowest BCUT2D eigenvalue weighted by Gasteiger charge is -2.04. The van der Waals surface area contributed by atoms with Crippen LogP contribution in [-0.4, -0.2) is 18.4 Å². The largest absolute Gasteiger partial charge is 0.466 e. The standard InChI is InChI=1S/C15H19FO3/c1-3-4-9-19-15(18)8-7-14(17)12-5-6-13(16)11(2)10-12/h5-6,10H,3-4,7-9H2,1-2H3. The second-order valence-electron chi connectivity index (χ2n) is 4.46. The van der Waals surface area contributed by atoms with E-state index in [0.717, 1.165) is 12.8 Å². The van der Waals surface area contributed by atoms with E-state index in [4.69, 9.17) is 4.74 Å². The van der Waals surface area contributed by atoms with Crippen LogP contribution in [0, 0.1) is 12.7 Å². The first-order valence-corrected chi connectivity index (χ1v) is 6.49. The van der Waals surface area contributed by atoms with Gasteiger partial charge in [-0.15, -0.1) is 0 Å². The number of carbonyl (C=O) groups is 2. The number of ether oxygens (including phenoxy) is 1. The molecule has 0 saturated heterocycles. The highest BCUT2D eigenvalue weighted by atomic mass is 19.1. The van der Waals surface area contributed by atoms with Crippen LogP contribution in [0.1, 0.15) is 48.5 Å². The normalized spacial score (nSPS) is 10.3. The summed E-state index contributed by atoms with van der Waals surface area (Å²) in [6.07, 6.45) is 1.95. The third kappa shape index (κ3) is 5.20. The monoisotopic (exact) mass is 266 g/mol. The summed E-state index contributed by atoms with van der Waals surface area (Å²) in [5.74, 6) is -0.869. The summed E-state index contributed by atoms with van der Waals surface area (Å²) < 4.78 is 18.0. The van der Waals surface area contributed by atoms with Gasteiger partial charge in [0.15, 0.2) is 5.78 Å². The van der Waals surface area contributed by atoms with Crippen molar-refractivity contribution in [3.63, 3.8) is 0 Å². The van der Waals surface area contributed by atoms with E-state index >= 15 is 0 Å². The van der Waals surface area contributed by atoms with Crippen molar-refractivity contribution in [1.82, 2.24) is 0 Å². The topological polar surface area (TPSA) is 43.4 Å². The number of hydrogen-bond donors (Lipinski definition) is 0. The van der Waals surface area contributed by atoms with Gasteiger partial charge in [0, 0.05) is 12.0 Å². The highest BCUT2D eigenvalue weighted by Crippen LogP contribution is 2.12. The summed E-state index contributed by atoms with van der Waals surface area (Å²) in [5.41, 5.74) is 0.858. The van der Waals surface area contributed by atoms with Crippen molar-refractivity contribution in [1.29, 1.82) is 0 Å². The van der Waals surface area contributed by atoms with Crippen molar-refractivity contribution in [2.75, 3.05) is 6.61 Å². The number of unbranched alkanes of at least 4 members (excludes halogenated alkanes) is 1. The molecule has 3 nitrogen and oxygen atoms in total. The molecule has 0 atom stereocenters. The van der Waals surface area contributed by atoms with Gasteiger partial charge in [-0.2, -0.15) is 0 Å². The quantitative estimate of drug-likeness (QED) is 0.431. The van der Waals surface area contributed by atoms with Gasteiger partial charge in [0.05, 0.1) is 13.0 Å². The second-order valence-corrected chi connectivity index (χ2v) is 4.46. The number of ketones is 1. The van der Waals surface area contributed by atoms with Crippen LogP contribution < -0.4 is 0 Å². The van der Waals surface area contributed by atoms with Crippen LogP contribution in [0.25, 0.3) is 0 Å². The van der Waals surface area contributed by atoms with Crippen LogP contribution in [0.2, 0.25) is 0 Å². The molecule has 0 unspecified atom stereocenters. The van der Waals surface area contributed by atoms with Gasteiger partial charge in [-0.25, -0.2) is 4.39 Å². The first-order chi connectivity index (χ1) is 9.04. The number of esters is 1. The van der Waals surface area contributed by atoms with E-state index in [1.165, 1.54) is 18.2 Å². The Balaban J connectivity index is 2.42. The van der Waals surface area contributed by atoms with Crippen LogP contribution in [0.3, 0.4) is 0 Å². The summed E-state index contributed by atoms with van der Waals surface area (Å²) in [5, 5.41) is 0. The molecule has 0 spiro atoms. The minimum Gasteiger partial charge on any atom is -0.466 e. The fraction of sp³-hybridized carbons (Fsp3) is 0.467. The van der Waals surface area contributed by atoms with Crippen molar-refractivity contribution < 1.29 is 18.7 Å². The maximum absolute atomic E-state index is 13.1. The Morgan fingerprint density at radius 1 is 1.26 bits per heavy atom. The molecule has 0 amide bonds. The van der Waals surface area contributed by atoms with Gasteiger partial charge in [0.25, 0.3) is 0 Å². The molecule has 0 aliphatic heterocycles. The van der Waals surface area contributed by atoms with Gasteiger partial charge in [0.1, 0.15) is 5.82 Å². The third-order valence-corrected chi connectivity index (χ3v) is 2.80. The number of carbonyl (C=O) groups excluding carboxylic acids is 2. The number of benzene rings is 1. The third-order valence-electron chi connectivity index (χ3n) is 2.80. The molecule has 4 heteroatoms. The SMILES string of the molecule is CCCCOC(=O)CCC(=O)c1ccc(F)c(C)c1. The lowest BCUT2D eigenvalue weighted by molar-refractivity contribution is -0.143. The maximum Gasteiger partial charge on any atom is 0.306 e. The Kier molecular flexibility index (Phi) is 6.19. The van der Waals surface area contributed by atoms with Crippen molar-refractivity contribution in [3.05, 3.63) is 35.1 Å². The van der Waals surface area contributed by atoms with E-state index in [1.807, 2.05) is 6.92 Å². The average Bonchev–Trinajstić information content (AvgIpc) is 2.39. The minimum atomic E-state index is -0.361. The van der Waals surface area contributed by atoms with Gasteiger partial charge in [-0.1, -0.05) is 13.3 Å². The summed E-state index contributed by atoms with van der Waals surface area (Å²) in [4.78, 5) is 23.2. The Bertz CT molecular complexity index is 455. The van der Waals surface area contributed by atoms with Crippen molar-refractivity contribution in [2.45, 2.75) is 39.5 Å². The molecule has 0 saturated carbocycles. The Morgan fingerprint density at radius 3 is 2.63 bits per heavy atom. The van der Waals surface area contributed by atoms with Crippen molar-refractivity contribution in [3.8, 4) is 0 Å². The molecular weight excluding hydrogens is 247 g/mol. The van der Waals surface area contributed by atoms with E-state index in [2.05, 4.69) is 0 Å². The molecule has 0 radical (unpaired) electrons. The van der Waals surface area contributed by atoms with E-state index < -0.39 is 0 Å². The molecule has 19 heavy (non-hydrogen) atoms. The van der Waals surface area contributed by atoms with Gasteiger partial charge < -0.3 is 4.74 Å². The maximum atomic E-state index is 13.1. The first-order valence-electron chi connectivity index (χ1n) is 6.49. The van der Waals surface area contributed by atoms with Crippen LogP contribution in [0.15, 0.2) is 18.2 Å². The Labute approximate surface area is 112 Å². The van der Waals surface area contributed by atoms with Gasteiger partial charge >= 0.3 is 5.97 Å². The molecule has 104 valence electrons. The minimum absolute atomic E-state index is 0.0684. The fourth-order valence-electron chi connectivity index (χ4n) is 1.58. The summed E-state index contributed by atoms with van der Waals surface area (Å²) in [7, 11) is 0. The van der Waals surface area contributed by atoms with Gasteiger partial charge in [-0.3, -0.25) is 9.59 Å². The lowest BCUT2D eigenvalue weighted by atomic mass is 10.0. The molecule has 0 aliphatic rings. The molecule has 0 N–H and O–H groups in total. The zero-order valence-corrected chi connectivity index (χ0v) is 11.4. The van der Waals surface area contributed by atoms with E-state index in [-0.39, 0.29) is 30.4 Å². The molecule has 0 fully saturated rings. The van der Waals surface area contributed by atoms with Crippen molar-refractivity contribution >= 4 is 11.8 Å². The molecule has 1 aromatic carbocycles. The number of halogens is 1. The zero-order valence-electron chi connectivity index (χ0n) is 11.4. The zero-order chi connectivity index (χ0) is 14.3. The molecular formula is C15H19FO3. The number of aryl methyl sites for hydroxylation is 1. The highest BCUT2D eigenvalue weighted by Gasteiger charge is 2.11. The summed E-state index contributed by atoms with van der Waals surface area (Å²) >= 11 is 0. The predicted octanol–water partition coefficient (Wildman–Crippen LogP) is 3.44. The molecule has 0 bridgehead atoms. The first kappa shape index (κ1) is 15.3. The second kappa shape index (κ2) is 7.67. The van der Waals surface area contributed by atoms with E-state index in [0.29, 0.717) is 17.7 Å². The predicted molar refractivity (Wildman–Crippen MR) is 70.6 cm³/mol. The molecule has 0 aliphatic carbocycles. The molecule has 0 heterocycles. The summed E-state index contributed by atoms with van der Waals surface area (Å²) in [6.45, 7) is 4.01. The fourth-order valence-corrected chi connectivity index (χ4v) is 1.58. The van der Waals surface area contributed by atoms with Crippen LogP contribution >= 0.6 is 0 Å². The van der Waals surface area contributed by atoms with Crippen LogP contribution in [0.5, 0.6) is 0 Å². The van der Waals surface area contributed by atoms with Crippen molar-refractivity contribution in [2.24, 2.45) is 0 Å². The number of Topliss-reactive ketones (excluding diaryl/α,β-unsaturated/α-hetero) is 1. The average molecular weight is 266 g/mol. The lowest BCUT2D eigenvalue weighted by Crippen LogP contribution is -2.09. The molecule has 1 rings (SSSR count). The van der Waals surface area contributed by atoms with Crippen LogP contribution in [0.4, 0.5) is 4.39 Å². The number of rotatable bonds is 7. The van der Waals surface area contributed by atoms with E-state index in [1.54, 1.807) is 6.92 Å². The molecule has 1 aromatic rings. The Morgan fingerprint density at radius 2 is 2.00 bits per heavy atom. The number of hydrogen-bond acceptors (Lipinski definition) is 3. The van der Waals surface area contributed by atoms with Crippen LogP contribution in [-0.2, 0) is 9.53 Å². The molecule has 0 aromatic heterocycles. The smallest absolute Gasteiger partial charge is 0.306 e.